The first-order chi connectivity index (χ1) is 18.6. The molecule has 2 aromatic rings. The van der Waals surface area contributed by atoms with Crippen molar-refractivity contribution in [3.8, 4) is 5.75 Å². The quantitative estimate of drug-likeness (QED) is 0.570. The van der Waals surface area contributed by atoms with Crippen LogP contribution in [0.15, 0.2) is 36.7 Å². The van der Waals surface area contributed by atoms with E-state index in [0.29, 0.717) is 69.1 Å². The van der Waals surface area contributed by atoms with Gasteiger partial charge in [-0.2, -0.15) is 13.2 Å². The summed E-state index contributed by atoms with van der Waals surface area (Å²) in [6, 6.07) is 6.21. The molecule has 1 amide bonds. The molecule has 3 fully saturated rings. The summed E-state index contributed by atoms with van der Waals surface area (Å²) in [5.41, 5.74) is -0.962. The molecule has 11 heteroatoms. The van der Waals surface area contributed by atoms with E-state index < -0.39 is 17.3 Å². The van der Waals surface area contributed by atoms with Crippen LogP contribution in [-0.4, -0.2) is 71.3 Å². The van der Waals surface area contributed by atoms with Gasteiger partial charge >= 0.3 is 6.18 Å². The lowest BCUT2D eigenvalue weighted by molar-refractivity contribution is -0.137. The predicted octanol–water partition coefficient (Wildman–Crippen LogP) is 3.74. The molecule has 0 aromatic carbocycles. The number of nitrogens with one attached hydrogen (secondary N) is 1. The summed E-state index contributed by atoms with van der Waals surface area (Å²) < 4.78 is 44.4. The first kappa shape index (κ1) is 27.6. The van der Waals surface area contributed by atoms with Gasteiger partial charge in [0.15, 0.2) is 0 Å². The average molecular weight is 548 g/mol. The molecule has 8 nitrogen and oxygen atoms in total. The summed E-state index contributed by atoms with van der Waals surface area (Å²) in [7, 11) is 1.59. The van der Waals surface area contributed by atoms with Gasteiger partial charge < -0.3 is 25.0 Å². The molecule has 1 atom stereocenters. The molecule has 5 rings (SSSR count). The van der Waals surface area contributed by atoms with Gasteiger partial charge in [0.25, 0.3) is 0 Å². The van der Waals surface area contributed by atoms with Gasteiger partial charge in [-0.25, -0.2) is 4.98 Å². The Morgan fingerprint density at radius 2 is 1.79 bits per heavy atom. The summed E-state index contributed by atoms with van der Waals surface area (Å²) in [5, 5.41) is 14.8. The molecule has 0 spiro atoms. The van der Waals surface area contributed by atoms with Crippen LogP contribution in [0.3, 0.4) is 0 Å². The van der Waals surface area contributed by atoms with Gasteiger partial charge in [-0.15, -0.1) is 0 Å². The third-order valence-corrected chi connectivity index (χ3v) is 8.47. The van der Waals surface area contributed by atoms with Crippen LogP contribution in [0, 0.1) is 5.92 Å². The predicted molar refractivity (Wildman–Crippen MR) is 139 cm³/mol. The number of amides is 1. The Balaban J connectivity index is 1.07. The summed E-state index contributed by atoms with van der Waals surface area (Å²) in [6.45, 7) is 2.38. The Bertz CT molecular complexity index is 1130. The first-order valence-electron chi connectivity index (χ1n) is 13.7. The minimum absolute atomic E-state index is 0.118. The maximum Gasteiger partial charge on any atom is 0.416 e. The number of hydrogen-bond donors (Lipinski definition) is 2. The number of likely N-dealkylation sites (tertiary alicyclic amines) is 1. The van der Waals surface area contributed by atoms with Crippen LogP contribution in [0.4, 0.5) is 19.0 Å². The van der Waals surface area contributed by atoms with E-state index in [1.807, 2.05) is 21.9 Å². The lowest BCUT2D eigenvalue weighted by Crippen LogP contribution is -2.46. The van der Waals surface area contributed by atoms with Crippen molar-refractivity contribution >= 4 is 11.7 Å². The molecule has 39 heavy (non-hydrogen) atoms. The van der Waals surface area contributed by atoms with Crippen LogP contribution in [0.2, 0.25) is 0 Å². The van der Waals surface area contributed by atoms with Crippen LogP contribution in [-0.2, 0) is 16.6 Å². The number of nitrogens with zero attached hydrogens (tertiary/aromatic N) is 4. The van der Waals surface area contributed by atoms with E-state index in [4.69, 9.17) is 4.74 Å². The van der Waals surface area contributed by atoms with E-state index in [-0.39, 0.29) is 23.9 Å². The number of halogens is 3. The van der Waals surface area contributed by atoms with Crippen LogP contribution in [0.5, 0.6) is 5.75 Å². The standard InChI is InChI=1S/C28H36F3N5O3/c1-39-23-2-3-24(33-17-23)27(38)10-4-21(5-11-27)34-22-9-15-36(18-22)26(37)19-7-13-35(14-8-19)25-16-20(6-12-32-25)28(29,30)31/h2-3,6,12,16-17,19,21-22,34,38H,4-5,7-11,13-15,18H2,1H3. The highest BCUT2D eigenvalue weighted by Gasteiger charge is 2.38. The van der Waals surface area contributed by atoms with E-state index in [1.165, 1.54) is 6.20 Å². The molecular weight excluding hydrogens is 511 g/mol. The molecule has 1 unspecified atom stereocenters. The zero-order chi connectivity index (χ0) is 27.6. The molecule has 0 bridgehead atoms. The number of aromatic nitrogens is 2. The number of pyridine rings is 2. The van der Waals surface area contributed by atoms with Crippen LogP contribution in [0.1, 0.15) is 56.2 Å². The number of piperidine rings is 1. The van der Waals surface area contributed by atoms with Gasteiger partial charge in [0, 0.05) is 50.4 Å². The average Bonchev–Trinajstić information content (AvgIpc) is 3.42. The molecular formula is C28H36F3N5O3. The van der Waals surface area contributed by atoms with Crippen molar-refractivity contribution in [2.45, 2.75) is 68.8 Å². The summed E-state index contributed by atoms with van der Waals surface area (Å²) in [5.74, 6) is 0.992. The minimum atomic E-state index is -4.40. The van der Waals surface area contributed by atoms with Gasteiger partial charge in [0.2, 0.25) is 5.91 Å². The summed E-state index contributed by atoms with van der Waals surface area (Å²) in [4.78, 5) is 25.5. The SMILES string of the molecule is COc1ccc(C2(O)CCC(NC3CCN(C(=O)C4CCN(c5cc(C(F)(F)F)ccn5)CC4)C3)CC2)nc1. The normalized spacial score (nSPS) is 26.6. The van der Waals surface area contributed by atoms with Crippen LogP contribution < -0.4 is 15.0 Å². The van der Waals surface area contributed by atoms with Crippen molar-refractivity contribution in [3.63, 3.8) is 0 Å². The summed E-state index contributed by atoms with van der Waals surface area (Å²) in [6.07, 6.45) is 3.42. The van der Waals surface area contributed by atoms with Gasteiger partial charge in [-0.05, 0) is 69.2 Å². The fourth-order valence-corrected chi connectivity index (χ4v) is 6.11. The van der Waals surface area contributed by atoms with Crippen molar-refractivity contribution in [1.29, 1.82) is 0 Å². The first-order valence-corrected chi connectivity index (χ1v) is 13.7. The molecule has 1 saturated carbocycles. The maximum absolute atomic E-state index is 13.2. The Morgan fingerprint density at radius 3 is 2.44 bits per heavy atom. The highest BCUT2D eigenvalue weighted by atomic mass is 19.4. The van der Waals surface area contributed by atoms with E-state index >= 15 is 0 Å². The smallest absolute Gasteiger partial charge is 0.416 e. The third-order valence-electron chi connectivity index (χ3n) is 8.47. The zero-order valence-corrected chi connectivity index (χ0v) is 22.2. The van der Waals surface area contributed by atoms with E-state index in [2.05, 4.69) is 15.3 Å². The Hall–Kier alpha value is -2.92. The Labute approximate surface area is 226 Å². The van der Waals surface area contributed by atoms with Crippen LogP contribution in [0.25, 0.3) is 0 Å². The van der Waals surface area contributed by atoms with Gasteiger partial charge in [-0.3, -0.25) is 9.78 Å². The number of anilines is 1. The molecule has 4 heterocycles. The second-order valence-corrected chi connectivity index (χ2v) is 11.0. The number of rotatable bonds is 6. The molecule has 2 saturated heterocycles. The monoisotopic (exact) mass is 547 g/mol. The number of ether oxygens (including phenoxy) is 1. The molecule has 1 aliphatic carbocycles. The van der Waals surface area contributed by atoms with E-state index in [0.717, 1.165) is 31.4 Å². The van der Waals surface area contributed by atoms with Crippen molar-refractivity contribution < 1.29 is 27.8 Å². The number of carbonyl (C=O) groups is 1. The molecule has 2 aromatic heterocycles. The largest absolute Gasteiger partial charge is 0.495 e. The fourth-order valence-electron chi connectivity index (χ4n) is 6.11. The molecule has 2 aliphatic heterocycles. The Morgan fingerprint density at radius 1 is 1.05 bits per heavy atom. The maximum atomic E-state index is 13.2. The lowest BCUT2D eigenvalue weighted by Gasteiger charge is -2.37. The Kier molecular flexibility index (Phi) is 8.00. The fraction of sp³-hybridized carbons (Fsp3) is 0.607. The zero-order valence-electron chi connectivity index (χ0n) is 22.2. The highest BCUT2D eigenvalue weighted by molar-refractivity contribution is 5.79. The topological polar surface area (TPSA) is 90.8 Å². The van der Waals surface area contributed by atoms with Crippen molar-refractivity contribution in [2.24, 2.45) is 5.92 Å². The van der Waals surface area contributed by atoms with Crippen molar-refractivity contribution in [3.05, 3.63) is 47.9 Å². The number of aliphatic hydroxyl groups is 1. The third kappa shape index (κ3) is 6.30. The van der Waals surface area contributed by atoms with Gasteiger partial charge in [0.05, 0.1) is 24.6 Å². The number of alkyl halides is 3. The van der Waals surface area contributed by atoms with Crippen molar-refractivity contribution in [2.75, 3.05) is 38.2 Å². The van der Waals surface area contributed by atoms with E-state index in [1.54, 1.807) is 13.3 Å². The van der Waals surface area contributed by atoms with Gasteiger partial charge in [-0.1, -0.05) is 0 Å². The highest BCUT2D eigenvalue weighted by Crippen LogP contribution is 2.37. The van der Waals surface area contributed by atoms with E-state index in [9.17, 15) is 23.1 Å². The van der Waals surface area contributed by atoms with Crippen LogP contribution >= 0.6 is 0 Å². The second kappa shape index (κ2) is 11.3. The number of hydrogen-bond acceptors (Lipinski definition) is 7. The molecule has 0 radical (unpaired) electrons. The van der Waals surface area contributed by atoms with Gasteiger partial charge in [0.1, 0.15) is 17.2 Å². The summed E-state index contributed by atoms with van der Waals surface area (Å²) >= 11 is 0. The number of methoxy groups -OCH3 is 1. The minimum Gasteiger partial charge on any atom is -0.495 e. The molecule has 2 N–H and O–H groups in total. The van der Waals surface area contributed by atoms with Crippen molar-refractivity contribution in [1.82, 2.24) is 20.2 Å². The lowest BCUT2D eigenvalue weighted by atomic mass is 9.79. The number of carbonyl (C=O) groups excluding carboxylic acids is 1. The molecule has 212 valence electrons. The second-order valence-electron chi connectivity index (χ2n) is 11.0. The molecule has 3 aliphatic rings.